The van der Waals surface area contributed by atoms with Crippen LogP contribution in [0.2, 0.25) is 0 Å². The van der Waals surface area contributed by atoms with Crippen LogP contribution in [0.4, 0.5) is 5.88 Å². The molecule has 0 aliphatic rings. The molecule has 38 valence electrons. The predicted molar refractivity (Wildman–Crippen MR) is 29.1 cm³/mol. The maximum Gasteiger partial charge on any atom is 0.223 e. The van der Waals surface area contributed by atoms with Gasteiger partial charge in [-0.05, 0) is 0 Å². The summed E-state index contributed by atoms with van der Waals surface area (Å²) in [4.78, 5) is 3.61. The molecular formula is C3H4N2OS. The number of rotatable bonds is 1. The van der Waals surface area contributed by atoms with E-state index in [0.717, 1.165) is 0 Å². The molecule has 0 atom stereocenters. The van der Waals surface area contributed by atoms with Gasteiger partial charge < -0.3 is 9.14 Å². The maximum atomic E-state index is 4.68. The molecule has 1 aromatic heterocycles. The molecule has 4 heteroatoms. The van der Waals surface area contributed by atoms with Gasteiger partial charge >= 0.3 is 0 Å². The minimum Gasteiger partial charge on any atom is -0.427 e. The van der Waals surface area contributed by atoms with Gasteiger partial charge in [-0.3, -0.25) is 0 Å². The molecule has 0 unspecified atom stereocenters. The van der Waals surface area contributed by atoms with Crippen LogP contribution < -0.4 is 4.72 Å². The number of nitrogens with one attached hydrogen (secondary N) is 1. The topological polar surface area (TPSA) is 38.1 Å². The van der Waals surface area contributed by atoms with Crippen molar-refractivity contribution in [1.29, 1.82) is 0 Å². The van der Waals surface area contributed by atoms with Crippen molar-refractivity contribution in [3.63, 3.8) is 0 Å². The molecule has 7 heavy (non-hydrogen) atoms. The molecule has 0 saturated carbocycles. The molecule has 0 fully saturated rings. The third kappa shape index (κ3) is 0.866. The van der Waals surface area contributed by atoms with E-state index in [0.29, 0.717) is 5.88 Å². The highest BCUT2D eigenvalue weighted by Gasteiger charge is 1.84. The lowest BCUT2D eigenvalue weighted by Crippen LogP contribution is -1.70. The van der Waals surface area contributed by atoms with E-state index < -0.39 is 0 Å². The Morgan fingerprint density at radius 3 is 3.00 bits per heavy atom. The third-order valence-corrected chi connectivity index (χ3v) is 0.763. The van der Waals surface area contributed by atoms with E-state index in [1.54, 1.807) is 0 Å². The Bertz CT molecular complexity index is 127. The van der Waals surface area contributed by atoms with Crippen molar-refractivity contribution in [3.8, 4) is 0 Å². The van der Waals surface area contributed by atoms with Gasteiger partial charge in [0.15, 0.2) is 6.39 Å². The molecule has 1 aromatic rings. The van der Waals surface area contributed by atoms with Crippen molar-refractivity contribution in [2.24, 2.45) is 0 Å². The predicted octanol–water partition coefficient (Wildman–Crippen LogP) is 0.931. The molecule has 0 radical (unpaired) electrons. The van der Waals surface area contributed by atoms with Gasteiger partial charge in [0.2, 0.25) is 5.88 Å². The second-order valence-electron chi connectivity index (χ2n) is 0.977. The average molecular weight is 116 g/mol. The summed E-state index contributed by atoms with van der Waals surface area (Å²) in [6.07, 6.45) is 2.87. The number of thiol groups is 1. The van der Waals surface area contributed by atoms with Crippen LogP contribution in [0.1, 0.15) is 0 Å². The first-order valence-electron chi connectivity index (χ1n) is 1.72. The van der Waals surface area contributed by atoms with Crippen LogP contribution >= 0.6 is 12.8 Å². The SMILES string of the molecule is SNc1cnco1. The Kier molecular flexibility index (Phi) is 1.21. The standard InChI is InChI=1S/C3H4N2OS/c7-5-3-1-4-2-6-3/h1-2,5,7H. The highest BCUT2D eigenvalue weighted by atomic mass is 32.1. The van der Waals surface area contributed by atoms with E-state index in [1.165, 1.54) is 12.6 Å². The first-order valence-corrected chi connectivity index (χ1v) is 2.17. The molecule has 0 aliphatic heterocycles. The van der Waals surface area contributed by atoms with Crippen LogP contribution in [0, 0.1) is 0 Å². The van der Waals surface area contributed by atoms with Gasteiger partial charge in [0, 0.05) is 0 Å². The summed E-state index contributed by atoms with van der Waals surface area (Å²) in [5, 5.41) is 0. The third-order valence-electron chi connectivity index (χ3n) is 0.543. The number of nitrogens with zero attached hydrogens (tertiary/aromatic N) is 1. The summed E-state index contributed by atoms with van der Waals surface area (Å²) < 4.78 is 7.16. The Hall–Kier alpha value is -0.640. The highest BCUT2D eigenvalue weighted by molar-refractivity contribution is 7.81. The smallest absolute Gasteiger partial charge is 0.223 e. The number of oxazole rings is 1. The van der Waals surface area contributed by atoms with Gasteiger partial charge in [-0.1, -0.05) is 12.8 Å². The van der Waals surface area contributed by atoms with E-state index in [-0.39, 0.29) is 0 Å². The minimum atomic E-state index is 0.559. The quantitative estimate of drug-likeness (QED) is 0.536. The summed E-state index contributed by atoms with van der Waals surface area (Å²) >= 11 is 3.69. The molecule has 0 amide bonds. The molecule has 0 aromatic carbocycles. The maximum absolute atomic E-state index is 4.68. The van der Waals surface area contributed by atoms with E-state index in [9.17, 15) is 0 Å². The summed E-state index contributed by atoms with van der Waals surface area (Å²) in [5.74, 6) is 0.559. The highest BCUT2D eigenvalue weighted by Crippen LogP contribution is 2.02. The lowest BCUT2D eigenvalue weighted by atomic mass is 10.9. The molecule has 0 spiro atoms. The molecule has 0 aliphatic carbocycles. The van der Waals surface area contributed by atoms with Crippen molar-refractivity contribution < 1.29 is 4.42 Å². The molecule has 3 nitrogen and oxygen atoms in total. The zero-order chi connectivity index (χ0) is 5.11. The van der Waals surface area contributed by atoms with Crippen molar-refractivity contribution in [3.05, 3.63) is 12.6 Å². The monoisotopic (exact) mass is 116 g/mol. The molecule has 0 saturated heterocycles. The van der Waals surface area contributed by atoms with Gasteiger partial charge in [-0.15, -0.1) is 0 Å². The fourth-order valence-corrected chi connectivity index (χ4v) is 0.381. The van der Waals surface area contributed by atoms with Crippen molar-refractivity contribution in [2.75, 3.05) is 4.72 Å². The zero-order valence-electron chi connectivity index (χ0n) is 3.46. The van der Waals surface area contributed by atoms with Crippen LogP contribution in [-0.2, 0) is 0 Å². The Balaban J connectivity index is 2.76. The first-order chi connectivity index (χ1) is 3.43. The minimum absolute atomic E-state index is 0.559. The lowest BCUT2D eigenvalue weighted by Gasteiger charge is -1.82. The fourth-order valence-electron chi connectivity index (χ4n) is 0.271. The summed E-state index contributed by atoms with van der Waals surface area (Å²) in [5.41, 5.74) is 0. The normalized spacial score (nSPS) is 8.71. The number of hydrogen-bond donors (Lipinski definition) is 2. The van der Waals surface area contributed by atoms with Crippen LogP contribution in [0.25, 0.3) is 0 Å². The fraction of sp³-hybridized carbons (Fsp3) is 0. The zero-order valence-corrected chi connectivity index (χ0v) is 4.35. The van der Waals surface area contributed by atoms with Crippen LogP contribution in [0.15, 0.2) is 17.0 Å². The number of hydrogen-bond acceptors (Lipinski definition) is 4. The van der Waals surface area contributed by atoms with Crippen molar-refractivity contribution >= 4 is 18.7 Å². The summed E-state index contributed by atoms with van der Waals surface area (Å²) in [7, 11) is 0. The van der Waals surface area contributed by atoms with Crippen LogP contribution in [0.3, 0.4) is 0 Å². The Labute approximate surface area is 46.3 Å². The molecule has 1 rings (SSSR count). The molecule has 0 bridgehead atoms. The second-order valence-corrected chi connectivity index (χ2v) is 1.20. The summed E-state index contributed by atoms with van der Waals surface area (Å²) in [6, 6.07) is 0. The van der Waals surface area contributed by atoms with Gasteiger partial charge in [-0.25, -0.2) is 4.98 Å². The largest absolute Gasteiger partial charge is 0.427 e. The number of anilines is 1. The number of aromatic nitrogens is 1. The lowest BCUT2D eigenvalue weighted by molar-refractivity contribution is 0.577. The van der Waals surface area contributed by atoms with E-state index in [2.05, 4.69) is 26.9 Å². The van der Waals surface area contributed by atoms with Crippen molar-refractivity contribution in [1.82, 2.24) is 4.98 Å². The Morgan fingerprint density at radius 2 is 2.71 bits per heavy atom. The van der Waals surface area contributed by atoms with Gasteiger partial charge in [0.1, 0.15) is 0 Å². The molecule has 1 heterocycles. The molecular weight excluding hydrogens is 112 g/mol. The first kappa shape index (κ1) is 4.52. The van der Waals surface area contributed by atoms with E-state index >= 15 is 0 Å². The van der Waals surface area contributed by atoms with Crippen molar-refractivity contribution in [2.45, 2.75) is 0 Å². The van der Waals surface area contributed by atoms with Gasteiger partial charge in [0.25, 0.3) is 0 Å². The van der Waals surface area contributed by atoms with Crippen LogP contribution in [-0.4, -0.2) is 4.98 Å². The average Bonchev–Trinajstić information content (AvgIpc) is 2.14. The van der Waals surface area contributed by atoms with E-state index in [1.807, 2.05) is 0 Å². The van der Waals surface area contributed by atoms with Gasteiger partial charge in [-0.2, -0.15) is 0 Å². The Morgan fingerprint density at radius 1 is 1.86 bits per heavy atom. The van der Waals surface area contributed by atoms with Crippen LogP contribution in [0.5, 0.6) is 0 Å². The van der Waals surface area contributed by atoms with E-state index in [4.69, 9.17) is 0 Å². The molecule has 1 N–H and O–H groups in total. The summed E-state index contributed by atoms with van der Waals surface area (Å²) in [6.45, 7) is 0. The van der Waals surface area contributed by atoms with Gasteiger partial charge in [0.05, 0.1) is 6.20 Å². The second kappa shape index (κ2) is 1.88.